The molecule has 0 atom stereocenters. The highest BCUT2D eigenvalue weighted by molar-refractivity contribution is 5.85. The predicted octanol–water partition coefficient (Wildman–Crippen LogP) is 4.09. The van der Waals surface area contributed by atoms with Gasteiger partial charge < -0.3 is 14.5 Å². The van der Waals surface area contributed by atoms with Crippen LogP contribution in [0.3, 0.4) is 0 Å². The lowest BCUT2D eigenvalue weighted by molar-refractivity contribution is -0.384. The molecule has 1 heterocycles. The number of nitrogens with zero attached hydrogens (tertiary/aromatic N) is 3. The number of hydrogen-bond donors (Lipinski definition) is 1. The standard InChI is InChI=1S/C24H28N4O4/c1-24(2,3)32-23(29)25-20-7-5-6-18(16-20)8-9-19-17-21(28(30)31)10-11-22(19)27-14-12-26(4)13-15-27/h5-7,10-11,16-17H,12-15H2,1-4H3,(H,25,29). The number of hydrogen-bond acceptors (Lipinski definition) is 6. The van der Waals surface area contributed by atoms with Crippen molar-refractivity contribution in [3.05, 3.63) is 63.7 Å². The van der Waals surface area contributed by atoms with E-state index in [9.17, 15) is 14.9 Å². The summed E-state index contributed by atoms with van der Waals surface area (Å²) >= 11 is 0. The van der Waals surface area contributed by atoms with Crippen LogP contribution in [-0.4, -0.2) is 54.7 Å². The van der Waals surface area contributed by atoms with Crippen LogP contribution in [0.25, 0.3) is 0 Å². The van der Waals surface area contributed by atoms with Crippen LogP contribution < -0.4 is 10.2 Å². The van der Waals surface area contributed by atoms with Gasteiger partial charge in [0.05, 0.1) is 16.2 Å². The number of ether oxygens (including phenoxy) is 1. The van der Waals surface area contributed by atoms with Crippen molar-refractivity contribution >= 4 is 23.2 Å². The molecular formula is C24H28N4O4. The smallest absolute Gasteiger partial charge is 0.412 e. The minimum atomic E-state index is -0.594. The Morgan fingerprint density at radius 3 is 2.47 bits per heavy atom. The fourth-order valence-corrected chi connectivity index (χ4v) is 3.30. The molecule has 0 unspecified atom stereocenters. The summed E-state index contributed by atoms with van der Waals surface area (Å²) in [5, 5.41) is 14.0. The summed E-state index contributed by atoms with van der Waals surface area (Å²) in [6, 6.07) is 11.9. The van der Waals surface area contributed by atoms with Gasteiger partial charge in [0.2, 0.25) is 0 Å². The molecule has 1 N–H and O–H groups in total. The molecular weight excluding hydrogens is 408 g/mol. The predicted molar refractivity (Wildman–Crippen MR) is 125 cm³/mol. The second kappa shape index (κ2) is 9.71. The van der Waals surface area contributed by atoms with Gasteiger partial charge in [-0.3, -0.25) is 15.4 Å². The first kappa shape index (κ1) is 23.1. The second-order valence-corrected chi connectivity index (χ2v) is 8.71. The summed E-state index contributed by atoms with van der Waals surface area (Å²) in [6.45, 7) is 8.89. The molecule has 0 aliphatic carbocycles. The number of amides is 1. The summed E-state index contributed by atoms with van der Waals surface area (Å²) in [6.07, 6.45) is -0.543. The molecule has 1 aliphatic rings. The third-order valence-corrected chi connectivity index (χ3v) is 4.88. The van der Waals surface area contributed by atoms with Crippen molar-refractivity contribution < 1.29 is 14.5 Å². The van der Waals surface area contributed by atoms with Gasteiger partial charge in [0.15, 0.2) is 0 Å². The van der Waals surface area contributed by atoms with Crippen molar-refractivity contribution in [2.24, 2.45) is 0 Å². The van der Waals surface area contributed by atoms with Crippen LogP contribution in [0.2, 0.25) is 0 Å². The molecule has 1 amide bonds. The zero-order chi connectivity index (χ0) is 23.3. The quantitative estimate of drug-likeness (QED) is 0.443. The number of nitro benzene ring substituents is 1. The molecule has 0 radical (unpaired) electrons. The van der Waals surface area contributed by atoms with Gasteiger partial charge in [0, 0.05) is 49.6 Å². The molecule has 1 fully saturated rings. The monoisotopic (exact) mass is 436 g/mol. The average Bonchev–Trinajstić information content (AvgIpc) is 2.71. The Morgan fingerprint density at radius 1 is 1.09 bits per heavy atom. The van der Waals surface area contributed by atoms with Crippen LogP contribution >= 0.6 is 0 Å². The van der Waals surface area contributed by atoms with Gasteiger partial charge in [-0.05, 0) is 52.1 Å². The van der Waals surface area contributed by atoms with Crippen LogP contribution in [0.1, 0.15) is 31.9 Å². The molecule has 0 aromatic heterocycles. The van der Waals surface area contributed by atoms with Crippen LogP contribution in [0.5, 0.6) is 0 Å². The lowest BCUT2D eigenvalue weighted by Gasteiger charge is -2.34. The van der Waals surface area contributed by atoms with Gasteiger partial charge in [-0.1, -0.05) is 17.9 Å². The Labute approximate surface area is 188 Å². The molecule has 3 rings (SSSR count). The SMILES string of the molecule is CN1CCN(c2ccc([N+](=O)[O-])cc2C#Cc2cccc(NC(=O)OC(C)(C)C)c2)CC1. The Morgan fingerprint density at radius 2 is 1.81 bits per heavy atom. The third kappa shape index (κ3) is 6.46. The van der Waals surface area contributed by atoms with Crippen molar-refractivity contribution in [3.8, 4) is 11.8 Å². The lowest BCUT2D eigenvalue weighted by atomic mass is 10.1. The maximum atomic E-state index is 12.0. The Bertz CT molecular complexity index is 1060. The molecule has 8 heteroatoms. The van der Waals surface area contributed by atoms with E-state index in [1.54, 1.807) is 45.0 Å². The van der Waals surface area contributed by atoms with Crippen LogP contribution in [0.15, 0.2) is 42.5 Å². The van der Waals surface area contributed by atoms with Gasteiger partial charge >= 0.3 is 6.09 Å². The number of nitro groups is 1. The minimum absolute atomic E-state index is 0.00696. The summed E-state index contributed by atoms with van der Waals surface area (Å²) in [7, 11) is 2.08. The number of anilines is 2. The molecule has 1 saturated heterocycles. The number of nitrogens with one attached hydrogen (secondary N) is 1. The minimum Gasteiger partial charge on any atom is -0.444 e. The molecule has 8 nitrogen and oxygen atoms in total. The van der Waals surface area contributed by atoms with E-state index in [2.05, 4.69) is 34.0 Å². The fourth-order valence-electron chi connectivity index (χ4n) is 3.30. The Kier molecular flexibility index (Phi) is 7.01. The van der Waals surface area contributed by atoms with Crippen LogP contribution in [0, 0.1) is 22.0 Å². The van der Waals surface area contributed by atoms with E-state index in [-0.39, 0.29) is 5.69 Å². The van der Waals surface area contributed by atoms with Crippen LogP contribution in [-0.2, 0) is 4.74 Å². The Hall–Kier alpha value is -3.57. The van der Waals surface area contributed by atoms with E-state index in [0.717, 1.165) is 31.9 Å². The van der Waals surface area contributed by atoms with E-state index in [1.165, 1.54) is 12.1 Å². The maximum absolute atomic E-state index is 12.0. The van der Waals surface area contributed by atoms with E-state index in [4.69, 9.17) is 4.74 Å². The van der Waals surface area contributed by atoms with Crippen molar-refractivity contribution in [1.29, 1.82) is 0 Å². The fraction of sp³-hybridized carbons (Fsp3) is 0.375. The number of piperazine rings is 1. The lowest BCUT2D eigenvalue weighted by Crippen LogP contribution is -2.44. The zero-order valence-corrected chi connectivity index (χ0v) is 18.8. The molecule has 1 aliphatic heterocycles. The van der Waals surface area contributed by atoms with Crippen molar-refractivity contribution in [2.75, 3.05) is 43.4 Å². The number of carbonyl (C=O) groups excluding carboxylic acids is 1. The van der Waals surface area contributed by atoms with E-state index >= 15 is 0 Å². The largest absolute Gasteiger partial charge is 0.444 e. The first-order valence-corrected chi connectivity index (χ1v) is 10.4. The van der Waals surface area contributed by atoms with E-state index in [1.807, 2.05) is 6.07 Å². The summed E-state index contributed by atoms with van der Waals surface area (Å²) < 4.78 is 5.28. The van der Waals surface area contributed by atoms with Crippen molar-refractivity contribution in [1.82, 2.24) is 4.90 Å². The second-order valence-electron chi connectivity index (χ2n) is 8.71. The number of carbonyl (C=O) groups is 1. The molecule has 2 aromatic carbocycles. The van der Waals surface area contributed by atoms with Crippen molar-refractivity contribution in [2.45, 2.75) is 26.4 Å². The van der Waals surface area contributed by atoms with Gasteiger partial charge in [0.1, 0.15) is 5.60 Å². The molecule has 0 saturated carbocycles. The summed E-state index contributed by atoms with van der Waals surface area (Å²) in [4.78, 5) is 27.3. The first-order chi connectivity index (χ1) is 15.1. The highest BCUT2D eigenvalue weighted by Gasteiger charge is 2.19. The van der Waals surface area contributed by atoms with E-state index < -0.39 is 16.6 Å². The molecule has 0 spiro atoms. The average molecular weight is 437 g/mol. The van der Waals surface area contributed by atoms with Crippen molar-refractivity contribution in [3.63, 3.8) is 0 Å². The molecule has 0 bridgehead atoms. The number of benzene rings is 2. The zero-order valence-electron chi connectivity index (χ0n) is 18.8. The highest BCUT2D eigenvalue weighted by Crippen LogP contribution is 2.26. The summed E-state index contributed by atoms with van der Waals surface area (Å²) in [5.41, 5.74) is 2.14. The maximum Gasteiger partial charge on any atom is 0.412 e. The molecule has 2 aromatic rings. The topological polar surface area (TPSA) is 88.0 Å². The number of rotatable bonds is 3. The molecule has 32 heavy (non-hydrogen) atoms. The van der Waals surface area contributed by atoms with Crippen LogP contribution in [0.4, 0.5) is 21.9 Å². The van der Waals surface area contributed by atoms with E-state index in [0.29, 0.717) is 16.8 Å². The highest BCUT2D eigenvalue weighted by atomic mass is 16.6. The van der Waals surface area contributed by atoms with Gasteiger partial charge in [-0.25, -0.2) is 4.79 Å². The molecule has 168 valence electrons. The van der Waals surface area contributed by atoms with Gasteiger partial charge in [-0.2, -0.15) is 0 Å². The normalized spacial score (nSPS) is 14.3. The third-order valence-electron chi connectivity index (χ3n) is 4.88. The summed E-state index contributed by atoms with van der Waals surface area (Å²) in [5.74, 6) is 6.17. The van der Waals surface area contributed by atoms with Gasteiger partial charge in [0.25, 0.3) is 5.69 Å². The first-order valence-electron chi connectivity index (χ1n) is 10.4. The Balaban J connectivity index is 1.86. The number of non-ortho nitro benzene ring substituents is 1. The van der Waals surface area contributed by atoms with Gasteiger partial charge in [-0.15, -0.1) is 0 Å². The number of likely N-dealkylation sites (N-methyl/N-ethyl adjacent to an activating group) is 1.